The Labute approximate surface area is 264 Å². The summed E-state index contributed by atoms with van der Waals surface area (Å²) in [5.41, 5.74) is 1.07. The number of methoxy groups -OCH3 is 1. The number of hydrogen-bond acceptors (Lipinski definition) is 6. The van der Waals surface area contributed by atoms with Crippen LogP contribution in [-0.4, -0.2) is 58.9 Å². The first kappa shape index (κ1) is 30.3. The fourth-order valence-electron chi connectivity index (χ4n) is 12.5. The van der Waals surface area contributed by atoms with Crippen molar-refractivity contribution in [2.45, 2.75) is 111 Å². The molecular formula is C37H54N2O3S. The second-order valence-corrected chi connectivity index (χ2v) is 17.7. The molecule has 0 aromatic heterocycles. The molecule has 0 bridgehead atoms. The zero-order valence-electron chi connectivity index (χ0n) is 27.8. The molecule has 1 aromatic rings. The molecule has 6 aliphatic rings. The van der Waals surface area contributed by atoms with Crippen LogP contribution in [-0.2, 0) is 11.3 Å². The van der Waals surface area contributed by atoms with Gasteiger partial charge in [0, 0.05) is 53.0 Å². The fraction of sp³-hybridized carbons (Fsp3) is 0.784. The number of hydrogen-bond donors (Lipinski definition) is 1. The summed E-state index contributed by atoms with van der Waals surface area (Å²) in [7, 11) is 3.90. The zero-order chi connectivity index (χ0) is 30.7. The smallest absolute Gasteiger partial charge is 0.140 e. The van der Waals surface area contributed by atoms with Gasteiger partial charge in [-0.05, 0) is 86.6 Å². The lowest BCUT2D eigenvalue weighted by atomic mass is 9.41. The standard InChI is InChI=1S/C37H54N2O3S/c1-22(2)32-38-29-15-16-36-20-37(36)28(14-13-27(36)33(29,4)21-43-32)34(5)17-25(40)31(35(34,6)18-30(37)41)23(3)39(7)19-24-11-9-10-12-26(24)42-8/h9-12,22-23,25,27-29,31,40H,13-21H2,1-8H3/t23?,25-,27+,28+,29+,31+,33+,34+,35-,36-,37+/m1/s1. The van der Waals surface area contributed by atoms with Crippen molar-refractivity contribution in [1.29, 1.82) is 0 Å². The molecule has 5 saturated carbocycles. The summed E-state index contributed by atoms with van der Waals surface area (Å²) < 4.78 is 5.65. The van der Waals surface area contributed by atoms with Gasteiger partial charge in [-0.15, -0.1) is 11.8 Å². The maximum atomic E-state index is 14.8. The Morgan fingerprint density at radius 1 is 1.09 bits per heavy atom. The van der Waals surface area contributed by atoms with Crippen molar-refractivity contribution >= 4 is 22.6 Å². The number of thioether (sulfide) groups is 1. The monoisotopic (exact) mass is 606 g/mol. The number of rotatable bonds is 6. The highest BCUT2D eigenvalue weighted by Gasteiger charge is 2.86. The maximum absolute atomic E-state index is 14.8. The Morgan fingerprint density at radius 2 is 1.81 bits per heavy atom. The highest BCUT2D eigenvalue weighted by Crippen LogP contribution is 2.88. The van der Waals surface area contributed by atoms with Crippen molar-refractivity contribution in [1.82, 2.24) is 4.90 Å². The SMILES string of the molecule is COc1ccccc1CN(C)C(C)[C@H]1[C@H](O)C[C@@]2(C)[C@@H]3CC[C@H]4[C@]5(C)CSC(C(C)C)=N[C@H]5CC[C@@]45C[C@@]35C(=O)C[C@]12C. The molecular weight excluding hydrogens is 552 g/mol. The molecule has 5 nitrogen and oxygen atoms in total. The van der Waals surface area contributed by atoms with Gasteiger partial charge < -0.3 is 9.84 Å². The van der Waals surface area contributed by atoms with Crippen LogP contribution >= 0.6 is 11.8 Å². The van der Waals surface area contributed by atoms with Crippen molar-refractivity contribution in [2.75, 3.05) is 19.9 Å². The van der Waals surface area contributed by atoms with Crippen molar-refractivity contribution in [3.05, 3.63) is 29.8 Å². The highest BCUT2D eigenvalue weighted by molar-refractivity contribution is 8.14. The molecule has 43 heavy (non-hydrogen) atoms. The van der Waals surface area contributed by atoms with Crippen molar-refractivity contribution < 1.29 is 14.6 Å². The number of aliphatic hydroxyl groups is 1. The van der Waals surface area contributed by atoms with Gasteiger partial charge >= 0.3 is 0 Å². The van der Waals surface area contributed by atoms with E-state index >= 15 is 0 Å². The Bertz CT molecular complexity index is 1350. The third-order valence-electron chi connectivity index (χ3n) is 14.8. The summed E-state index contributed by atoms with van der Waals surface area (Å²) in [6.07, 6.45) is 6.78. The van der Waals surface area contributed by atoms with E-state index in [0.29, 0.717) is 36.0 Å². The molecule has 1 heterocycles. The summed E-state index contributed by atoms with van der Waals surface area (Å²) in [6.45, 7) is 15.0. The lowest BCUT2D eigenvalue weighted by Crippen LogP contribution is -2.62. The number of ether oxygens (including phenoxy) is 1. The molecule has 5 fully saturated rings. The minimum atomic E-state index is -0.396. The fourth-order valence-corrected chi connectivity index (χ4v) is 13.9. The Kier molecular flexibility index (Phi) is 6.91. The minimum absolute atomic E-state index is 0.0406. The Morgan fingerprint density at radius 3 is 2.53 bits per heavy atom. The molecule has 0 saturated heterocycles. The third kappa shape index (κ3) is 3.78. The second-order valence-electron chi connectivity index (χ2n) is 16.7. The van der Waals surface area contributed by atoms with Crippen LogP contribution in [0.5, 0.6) is 5.75 Å². The topological polar surface area (TPSA) is 62.1 Å². The first-order chi connectivity index (χ1) is 20.3. The zero-order valence-corrected chi connectivity index (χ0v) is 28.6. The van der Waals surface area contributed by atoms with E-state index in [-0.39, 0.29) is 39.0 Å². The van der Waals surface area contributed by atoms with Crippen LogP contribution in [0.15, 0.2) is 29.3 Å². The number of aliphatic hydroxyl groups excluding tert-OH is 1. The number of carbonyl (C=O) groups excluding carboxylic acids is 1. The van der Waals surface area contributed by atoms with Gasteiger partial charge in [0.15, 0.2) is 0 Å². The van der Waals surface area contributed by atoms with Gasteiger partial charge in [-0.3, -0.25) is 14.7 Å². The van der Waals surface area contributed by atoms with E-state index in [4.69, 9.17) is 9.73 Å². The number of para-hydroxylation sites is 1. The van der Waals surface area contributed by atoms with Crippen LogP contribution in [0.2, 0.25) is 0 Å². The second kappa shape index (κ2) is 9.82. The number of benzene rings is 1. The van der Waals surface area contributed by atoms with Gasteiger partial charge in [-0.1, -0.05) is 52.8 Å². The quantitative estimate of drug-likeness (QED) is 0.370. The van der Waals surface area contributed by atoms with Crippen LogP contribution < -0.4 is 4.74 Å². The van der Waals surface area contributed by atoms with Crippen LogP contribution in [0, 0.1) is 50.7 Å². The Hall–Kier alpha value is -1.37. The van der Waals surface area contributed by atoms with Gasteiger partial charge in [0.2, 0.25) is 0 Å². The summed E-state index contributed by atoms with van der Waals surface area (Å²) in [6, 6.07) is 8.78. The van der Waals surface area contributed by atoms with Crippen molar-refractivity contribution in [3.8, 4) is 5.75 Å². The number of Topliss-reactive ketones (excluding diaryl/α,β-unsaturated/α-hetero) is 1. The lowest BCUT2D eigenvalue weighted by molar-refractivity contribution is -0.169. The van der Waals surface area contributed by atoms with E-state index in [1.54, 1.807) is 7.11 Å². The van der Waals surface area contributed by atoms with Gasteiger partial charge in [-0.2, -0.15) is 0 Å². The van der Waals surface area contributed by atoms with E-state index < -0.39 is 6.10 Å². The molecule has 5 aliphatic carbocycles. The molecule has 1 aromatic carbocycles. The third-order valence-corrected chi connectivity index (χ3v) is 16.4. The number of fused-ring (bicyclic) bond motifs is 4. The first-order valence-electron chi connectivity index (χ1n) is 17.0. The normalized spacial score (nSPS) is 47.2. The maximum Gasteiger partial charge on any atom is 0.140 e. The minimum Gasteiger partial charge on any atom is -0.496 e. The molecule has 11 atom stereocenters. The Balaban J connectivity index is 1.18. The average Bonchev–Trinajstić information content (AvgIpc) is 3.60. The predicted molar refractivity (Wildman–Crippen MR) is 175 cm³/mol. The van der Waals surface area contributed by atoms with Crippen LogP contribution in [0.3, 0.4) is 0 Å². The van der Waals surface area contributed by atoms with E-state index in [0.717, 1.165) is 55.7 Å². The van der Waals surface area contributed by atoms with Crippen molar-refractivity contribution in [2.24, 2.45) is 55.7 Å². The van der Waals surface area contributed by atoms with Crippen LogP contribution in [0.4, 0.5) is 0 Å². The highest BCUT2D eigenvalue weighted by atomic mass is 32.2. The van der Waals surface area contributed by atoms with E-state index in [1.165, 1.54) is 11.5 Å². The molecule has 6 heteroatoms. The molecule has 1 unspecified atom stereocenters. The lowest BCUT2D eigenvalue weighted by Gasteiger charge is -2.63. The van der Waals surface area contributed by atoms with Crippen LogP contribution in [0.1, 0.15) is 92.1 Å². The largest absolute Gasteiger partial charge is 0.496 e. The van der Waals surface area contributed by atoms with Gasteiger partial charge in [0.1, 0.15) is 11.5 Å². The van der Waals surface area contributed by atoms with E-state index in [2.05, 4.69) is 65.6 Å². The van der Waals surface area contributed by atoms with Crippen LogP contribution in [0.25, 0.3) is 0 Å². The average molecular weight is 607 g/mol. The summed E-state index contributed by atoms with van der Waals surface area (Å²) in [5, 5.41) is 13.3. The number of nitrogens with zero attached hydrogens (tertiary/aromatic N) is 2. The molecule has 7 rings (SSSR count). The molecule has 1 aliphatic heterocycles. The molecule has 2 spiro atoms. The molecule has 236 valence electrons. The summed E-state index contributed by atoms with van der Waals surface area (Å²) >= 11 is 2.00. The number of ketones is 1. The summed E-state index contributed by atoms with van der Waals surface area (Å²) in [4.78, 5) is 22.5. The first-order valence-corrected chi connectivity index (χ1v) is 18.0. The van der Waals surface area contributed by atoms with Gasteiger partial charge in [0.05, 0.1) is 24.3 Å². The molecule has 0 amide bonds. The van der Waals surface area contributed by atoms with Gasteiger partial charge in [-0.25, -0.2) is 0 Å². The van der Waals surface area contributed by atoms with E-state index in [9.17, 15) is 9.90 Å². The molecule has 1 N–H and O–H groups in total. The number of aliphatic imine (C=N–C) groups is 1. The molecule has 0 radical (unpaired) electrons. The summed E-state index contributed by atoms with van der Waals surface area (Å²) in [5.74, 6) is 4.12. The number of carbonyl (C=O) groups is 1. The van der Waals surface area contributed by atoms with Crippen molar-refractivity contribution in [3.63, 3.8) is 0 Å². The van der Waals surface area contributed by atoms with Gasteiger partial charge in [0.25, 0.3) is 0 Å². The van der Waals surface area contributed by atoms with E-state index in [1.807, 2.05) is 23.9 Å². The predicted octanol–water partition coefficient (Wildman–Crippen LogP) is 7.25.